The van der Waals surface area contributed by atoms with E-state index in [1.807, 2.05) is 26.0 Å². The smallest absolute Gasteiger partial charge is 0.410 e. The van der Waals surface area contributed by atoms with E-state index in [4.69, 9.17) is 31.5 Å². The van der Waals surface area contributed by atoms with E-state index in [0.717, 1.165) is 5.56 Å². The Morgan fingerprint density at radius 3 is 2.77 bits per heavy atom. The fourth-order valence-electron chi connectivity index (χ4n) is 4.32. The van der Waals surface area contributed by atoms with Gasteiger partial charge >= 0.3 is 6.09 Å². The summed E-state index contributed by atoms with van der Waals surface area (Å²) in [6.07, 6.45) is 1.30. The number of rotatable bonds is 8. The van der Waals surface area contributed by atoms with Gasteiger partial charge in [0.1, 0.15) is 24.0 Å². The molecule has 2 atom stereocenters. The van der Waals surface area contributed by atoms with Gasteiger partial charge in [-0.25, -0.2) is 9.78 Å². The Morgan fingerprint density at radius 2 is 2.09 bits per heavy atom. The Bertz CT molecular complexity index is 1090. The van der Waals surface area contributed by atoms with Gasteiger partial charge in [-0.1, -0.05) is 23.7 Å². The van der Waals surface area contributed by atoms with E-state index in [-0.39, 0.29) is 35.6 Å². The zero-order valence-electron chi connectivity index (χ0n) is 20.2. The molecule has 4 rings (SSSR count). The first-order valence-corrected chi connectivity index (χ1v) is 12.0. The molecule has 2 amide bonds. The van der Waals surface area contributed by atoms with Crippen LogP contribution in [0.15, 0.2) is 30.3 Å². The molecule has 0 bridgehead atoms. The minimum absolute atomic E-state index is 0.0102. The van der Waals surface area contributed by atoms with Crippen LogP contribution >= 0.6 is 11.6 Å². The van der Waals surface area contributed by atoms with Crippen molar-refractivity contribution in [3.8, 4) is 11.6 Å². The second kappa shape index (κ2) is 10.3. The molecule has 2 aliphatic heterocycles. The number of carbonyl (C=O) groups excluding carboxylic acids is 2. The summed E-state index contributed by atoms with van der Waals surface area (Å²) in [6, 6.07) is 8.91. The Hall–Kier alpha value is -3.04. The molecular weight excluding hydrogens is 472 g/mol. The minimum Gasteiger partial charge on any atom is -0.488 e. The van der Waals surface area contributed by atoms with E-state index in [1.54, 1.807) is 23.1 Å². The maximum atomic E-state index is 13.1. The van der Waals surface area contributed by atoms with E-state index >= 15 is 0 Å². The average molecular weight is 503 g/mol. The second-order valence-electron chi connectivity index (χ2n) is 9.65. The highest BCUT2D eigenvalue weighted by Crippen LogP contribution is 2.32. The number of carbonyl (C=O) groups is 2. The molecule has 2 fully saturated rings. The summed E-state index contributed by atoms with van der Waals surface area (Å²) >= 11 is 5.94. The van der Waals surface area contributed by atoms with Crippen LogP contribution in [-0.2, 0) is 17.7 Å². The molecule has 3 heterocycles. The first kappa shape index (κ1) is 25.1. The molecule has 35 heavy (non-hydrogen) atoms. The summed E-state index contributed by atoms with van der Waals surface area (Å²) in [5, 5.41) is 3.53. The van der Waals surface area contributed by atoms with Gasteiger partial charge in [0.25, 0.3) is 5.91 Å². The molecule has 10 heteroatoms. The number of amides is 2. The van der Waals surface area contributed by atoms with Gasteiger partial charge < -0.3 is 30.2 Å². The van der Waals surface area contributed by atoms with Crippen LogP contribution in [0.25, 0.3) is 0 Å². The number of hydrogen-bond acceptors (Lipinski definition) is 7. The van der Waals surface area contributed by atoms with Crippen molar-refractivity contribution in [3.05, 3.63) is 52.2 Å². The highest BCUT2D eigenvalue weighted by atomic mass is 35.5. The lowest BCUT2D eigenvalue weighted by Gasteiger charge is -2.33. The first-order chi connectivity index (χ1) is 16.6. The van der Waals surface area contributed by atoms with Crippen molar-refractivity contribution in [1.82, 2.24) is 15.2 Å². The van der Waals surface area contributed by atoms with Crippen LogP contribution in [-0.4, -0.2) is 59.8 Å². The van der Waals surface area contributed by atoms with Crippen molar-refractivity contribution in [2.45, 2.75) is 57.3 Å². The maximum Gasteiger partial charge on any atom is 0.410 e. The molecule has 2 aromatic rings. The number of ether oxygens (including phenoxy) is 3. The number of cyclic esters (lactones) is 1. The lowest BCUT2D eigenvalue weighted by Crippen LogP contribution is -2.44. The van der Waals surface area contributed by atoms with Gasteiger partial charge in [-0.15, -0.1) is 0 Å². The zero-order valence-corrected chi connectivity index (χ0v) is 20.9. The molecule has 9 nitrogen and oxygen atoms in total. The number of piperidine rings is 1. The Balaban J connectivity index is 1.56. The second-order valence-corrected chi connectivity index (χ2v) is 10.1. The fraction of sp³-hybridized carbons (Fsp3) is 0.480. The summed E-state index contributed by atoms with van der Waals surface area (Å²) in [5.41, 5.74) is 7.52. The zero-order chi connectivity index (χ0) is 25.2. The molecule has 0 saturated carbocycles. The molecule has 0 unspecified atom stereocenters. The number of nitrogens with two attached hydrogens (primary N) is 1. The summed E-state index contributed by atoms with van der Waals surface area (Å²) in [6.45, 7) is 5.04. The van der Waals surface area contributed by atoms with E-state index in [1.165, 1.54) is 7.11 Å². The van der Waals surface area contributed by atoms with E-state index in [0.29, 0.717) is 55.4 Å². The summed E-state index contributed by atoms with van der Waals surface area (Å²) in [4.78, 5) is 31.3. The predicted molar refractivity (Wildman–Crippen MR) is 131 cm³/mol. The SMILES string of the molecule is COc1nc(CC(C)(C)N)c(O[C@H]2CCN3C(=O)OC[C@@H]3C2)cc1C(=O)NCc1ccc(Cl)cc1. The molecule has 0 spiro atoms. The fourth-order valence-corrected chi connectivity index (χ4v) is 4.45. The number of nitrogens with zero attached hydrogens (tertiary/aromatic N) is 2. The molecule has 0 radical (unpaired) electrons. The van der Waals surface area contributed by atoms with Crippen molar-refractivity contribution in [1.29, 1.82) is 0 Å². The number of fused-ring (bicyclic) bond motifs is 1. The van der Waals surface area contributed by atoms with Gasteiger partial charge in [-0.3, -0.25) is 4.79 Å². The van der Waals surface area contributed by atoms with Crippen molar-refractivity contribution in [2.24, 2.45) is 5.73 Å². The van der Waals surface area contributed by atoms with E-state index in [2.05, 4.69) is 10.3 Å². The number of benzene rings is 1. The van der Waals surface area contributed by atoms with Crippen LogP contribution in [0, 0.1) is 0 Å². The minimum atomic E-state index is -0.552. The lowest BCUT2D eigenvalue weighted by molar-refractivity contribution is 0.0901. The van der Waals surface area contributed by atoms with Crippen molar-refractivity contribution in [2.75, 3.05) is 20.3 Å². The van der Waals surface area contributed by atoms with Crippen molar-refractivity contribution in [3.63, 3.8) is 0 Å². The number of hydrogen-bond donors (Lipinski definition) is 2. The number of methoxy groups -OCH3 is 1. The van der Waals surface area contributed by atoms with Crippen LogP contribution in [0.1, 0.15) is 48.3 Å². The molecule has 0 aliphatic carbocycles. The Morgan fingerprint density at radius 1 is 1.34 bits per heavy atom. The summed E-state index contributed by atoms with van der Waals surface area (Å²) in [5.74, 6) is 0.358. The molecule has 3 N–H and O–H groups in total. The Kier molecular flexibility index (Phi) is 7.37. The largest absolute Gasteiger partial charge is 0.488 e. The molecule has 2 saturated heterocycles. The molecule has 1 aromatic carbocycles. The number of aromatic nitrogens is 1. The predicted octanol–water partition coefficient (Wildman–Crippen LogP) is 3.32. The van der Waals surface area contributed by atoms with Gasteiger partial charge in [0.2, 0.25) is 5.88 Å². The summed E-state index contributed by atoms with van der Waals surface area (Å²) < 4.78 is 17.0. The number of pyridine rings is 1. The summed E-state index contributed by atoms with van der Waals surface area (Å²) in [7, 11) is 1.48. The topological polar surface area (TPSA) is 116 Å². The van der Waals surface area contributed by atoms with Gasteiger partial charge in [0.05, 0.1) is 18.8 Å². The van der Waals surface area contributed by atoms with Crippen molar-refractivity contribution < 1.29 is 23.8 Å². The molecule has 2 aliphatic rings. The van der Waals surface area contributed by atoms with Crippen molar-refractivity contribution >= 4 is 23.6 Å². The third kappa shape index (κ3) is 6.15. The van der Waals surface area contributed by atoms with Gasteiger partial charge in [0, 0.05) is 49.0 Å². The van der Waals surface area contributed by atoms with Crippen LogP contribution in [0.5, 0.6) is 11.6 Å². The van der Waals surface area contributed by atoms with Crippen LogP contribution in [0.3, 0.4) is 0 Å². The van der Waals surface area contributed by atoms with Gasteiger partial charge in [-0.05, 0) is 31.5 Å². The third-order valence-corrected chi connectivity index (χ3v) is 6.30. The maximum absolute atomic E-state index is 13.1. The van der Waals surface area contributed by atoms with Crippen LogP contribution < -0.4 is 20.5 Å². The van der Waals surface area contributed by atoms with E-state index in [9.17, 15) is 9.59 Å². The van der Waals surface area contributed by atoms with Crippen LogP contribution in [0.2, 0.25) is 5.02 Å². The molecular formula is C25H31ClN4O5. The average Bonchev–Trinajstić information content (AvgIpc) is 3.18. The van der Waals surface area contributed by atoms with Crippen LogP contribution in [0.4, 0.5) is 4.79 Å². The monoisotopic (exact) mass is 502 g/mol. The number of nitrogens with one attached hydrogen (secondary N) is 1. The number of halogens is 1. The Labute approximate surface area is 209 Å². The first-order valence-electron chi connectivity index (χ1n) is 11.6. The standard InChI is InChI=1S/C25H31ClN4O5/c1-25(2,27)12-20-21(35-18-8-9-30-17(10-18)14-34-24(30)32)11-19(23(29-20)33-3)22(31)28-13-15-4-6-16(26)7-5-15/h4-7,11,17-18H,8-10,12-14,27H2,1-3H3,(H,28,31)/t17-,18-/m0/s1. The highest BCUT2D eigenvalue weighted by Gasteiger charge is 2.39. The lowest BCUT2D eigenvalue weighted by atomic mass is 9.98. The third-order valence-electron chi connectivity index (χ3n) is 6.05. The highest BCUT2D eigenvalue weighted by molar-refractivity contribution is 6.30. The molecule has 188 valence electrons. The molecule has 1 aromatic heterocycles. The van der Waals surface area contributed by atoms with E-state index < -0.39 is 5.54 Å². The quantitative estimate of drug-likeness (QED) is 0.568. The van der Waals surface area contributed by atoms with Gasteiger partial charge in [0.15, 0.2) is 0 Å². The normalized spacial score (nSPS) is 19.7. The van der Waals surface area contributed by atoms with Gasteiger partial charge in [-0.2, -0.15) is 0 Å².